The molecule has 0 aromatic heterocycles. The molecule has 1 nitrogen and oxygen atoms in total. The van der Waals surface area contributed by atoms with Crippen LogP contribution in [0.2, 0.25) is 0 Å². The van der Waals surface area contributed by atoms with Gasteiger partial charge in [-0.1, -0.05) is 20.8 Å². The molecule has 0 bridgehead atoms. The monoisotopic (exact) mass is 143 g/mol. The van der Waals surface area contributed by atoms with E-state index in [4.69, 9.17) is 4.74 Å². The van der Waals surface area contributed by atoms with E-state index in [1.807, 2.05) is 0 Å². The number of hydrogen-bond acceptors (Lipinski definition) is 1. The van der Waals surface area contributed by atoms with Gasteiger partial charge in [-0.25, -0.2) is 0 Å². The molecule has 0 unspecified atom stereocenters. The minimum Gasteiger partial charge on any atom is -0.378 e. The van der Waals surface area contributed by atoms with Crippen molar-refractivity contribution in [2.75, 3.05) is 6.61 Å². The summed E-state index contributed by atoms with van der Waals surface area (Å²) in [7, 11) is 0. The number of ether oxygens (including phenoxy) is 1. The Kier molecular flexibility index (Phi) is 5.70. The molecule has 0 rings (SSSR count). The summed E-state index contributed by atoms with van der Waals surface area (Å²) in [4.78, 5) is 0. The first-order valence-corrected chi connectivity index (χ1v) is 4.13. The van der Waals surface area contributed by atoms with Crippen LogP contribution in [-0.2, 0) is 4.74 Å². The van der Waals surface area contributed by atoms with E-state index >= 15 is 0 Å². The Morgan fingerprint density at radius 3 is 2.30 bits per heavy atom. The van der Waals surface area contributed by atoms with E-state index in [2.05, 4.69) is 34.1 Å². The zero-order valence-corrected chi connectivity index (χ0v) is 7.55. The SMILES string of the molecule is CCCO[C@@H](C)[CH]C(C)C. The van der Waals surface area contributed by atoms with Gasteiger partial charge in [0.2, 0.25) is 0 Å². The van der Waals surface area contributed by atoms with Crippen LogP contribution in [0.1, 0.15) is 34.1 Å². The predicted octanol–water partition coefficient (Wildman–Crippen LogP) is 2.66. The highest BCUT2D eigenvalue weighted by molar-refractivity contribution is 4.75. The highest BCUT2D eigenvalue weighted by Crippen LogP contribution is 2.05. The normalized spacial score (nSPS) is 14.1. The van der Waals surface area contributed by atoms with Crippen LogP contribution in [0, 0.1) is 12.3 Å². The van der Waals surface area contributed by atoms with Crippen LogP contribution < -0.4 is 0 Å². The van der Waals surface area contributed by atoms with Crippen molar-refractivity contribution in [2.45, 2.75) is 40.2 Å². The van der Waals surface area contributed by atoms with Crippen molar-refractivity contribution in [3.05, 3.63) is 6.42 Å². The molecule has 0 saturated heterocycles. The van der Waals surface area contributed by atoms with Gasteiger partial charge in [0, 0.05) is 6.61 Å². The van der Waals surface area contributed by atoms with Crippen molar-refractivity contribution >= 4 is 0 Å². The third-order valence-corrected chi connectivity index (χ3v) is 1.24. The molecule has 10 heavy (non-hydrogen) atoms. The van der Waals surface area contributed by atoms with Gasteiger partial charge in [0.15, 0.2) is 0 Å². The molecule has 0 amide bonds. The lowest BCUT2D eigenvalue weighted by molar-refractivity contribution is 0.0819. The molecular formula is C9H19O. The quantitative estimate of drug-likeness (QED) is 0.575. The van der Waals surface area contributed by atoms with Gasteiger partial charge < -0.3 is 4.74 Å². The second-order valence-corrected chi connectivity index (χ2v) is 3.01. The molecule has 0 aliphatic rings. The Balaban J connectivity index is 3.16. The Morgan fingerprint density at radius 2 is 1.90 bits per heavy atom. The highest BCUT2D eigenvalue weighted by Gasteiger charge is 2.03. The standard InChI is InChI=1S/C9H19O/c1-5-6-10-9(4)7-8(2)3/h7-9H,5-6H2,1-4H3/t9-/m0/s1. The molecule has 0 aliphatic carbocycles. The second kappa shape index (κ2) is 5.72. The molecule has 0 N–H and O–H groups in total. The van der Waals surface area contributed by atoms with Crippen molar-refractivity contribution in [3.8, 4) is 0 Å². The van der Waals surface area contributed by atoms with E-state index in [0.717, 1.165) is 13.0 Å². The first kappa shape index (κ1) is 9.96. The molecule has 61 valence electrons. The van der Waals surface area contributed by atoms with Crippen LogP contribution in [0.15, 0.2) is 0 Å². The van der Waals surface area contributed by atoms with Gasteiger partial charge >= 0.3 is 0 Å². The average Bonchev–Trinajstić information content (AvgIpc) is 1.82. The van der Waals surface area contributed by atoms with Crippen molar-refractivity contribution in [1.29, 1.82) is 0 Å². The minimum absolute atomic E-state index is 0.319. The fourth-order valence-corrected chi connectivity index (χ4v) is 0.901. The van der Waals surface area contributed by atoms with Gasteiger partial charge in [0.25, 0.3) is 0 Å². The summed E-state index contributed by atoms with van der Waals surface area (Å²) in [5.41, 5.74) is 0. The first-order chi connectivity index (χ1) is 4.66. The lowest BCUT2D eigenvalue weighted by Crippen LogP contribution is -2.12. The Hall–Kier alpha value is -0.0400. The van der Waals surface area contributed by atoms with Crippen LogP contribution in [0.5, 0.6) is 0 Å². The van der Waals surface area contributed by atoms with E-state index < -0.39 is 0 Å². The summed E-state index contributed by atoms with van der Waals surface area (Å²) in [6, 6.07) is 0. The van der Waals surface area contributed by atoms with E-state index in [-0.39, 0.29) is 0 Å². The summed E-state index contributed by atoms with van der Waals surface area (Å²) in [5.74, 6) is 0.631. The third kappa shape index (κ3) is 6.09. The predicted molar refractivity (Wildman–Crippen MR) is 44.8 cm³/mol. The van der Waals surface area contributed by atoms with Crippen LogP contribution >= 0.6 is 0 Å². The van der Waals surface area contributed by atoms with E-state index in [0.29, 0.717) is 12.0 Å². The lowest BCUT2D eigenvalue weighted by Gasteiger charge is -2.13. The van der Waals surface area contributed by atoms with Gasteiger partial charge in [-0.2, -0.15) is 0 Å². The molecule has 0 aliphatic heterocycles. The number of hydrogen-bond donors (Lipinski definition) is 0. The summed E-state index contributed by atoms with van der Waals surface area (Å²) < 4.78 is 5.45. The smallest absolute Gasteiger partial charge is 0.0581 e. The van der Waals surface area contributed by atoms with Gasteiger partial charge in [0.05, 0.1) is 6.10 Å². The topological polar surface area (TPSA) is 9.23 Å². The highest BCUT2D eigenvalue weighted by atomic mass is 16.5. The fraction of sp³-hybridized carbons (Fsp3) is 0.889. The molecule has 0 aromatic carbocycles. The Labute approximate surface area is 64.8 Å². The maximum atomic E-state index is 5.45. The molecule has 0 aromatic rings. The molecule has 0 heterocycles. The zero-order chi connectivity index (χ0) is 7.98. The third-order valence-electron chi connectivity index (χ3n) is 1.24. The largest absolute Gasteiger partial charge is 0.378 e. The van der Waals surface area contributed by atoms with Crippen LogP contribution in [-0.4, -0.2) is 12.7 Å². The molecule has 0 spiro atoms. The lowest BCUT2D eigenvalue weighted by atomic mass is 10.1. The summed E-state index contributed by atoms with van der Waals surface area (Å²) in [6.45, 7) is 9.44. The van der Waals surface area contributed by atoms with Crippen molar-refractivity contribution in [3.63, 3.8) is 0 Å². The Bertz CT molecular complexity index is 69.1. The van der Waals surface area contributed by atoms with E-state index in [9.17, 15) is 0 Å². The summed E-state index contributed by atoms with van der Waals surface area (Å²) in [5, 5.41) is 0. The zero-order valence-electron chi connectivity index (χ0n) is 7.55. The first-order valence-electron chi connectivity index (χ1n) is 4.13. The van der Waals surface area contributed by atoms with Crippen molar-refractivity contribution in [1.82, 2.24) is 0 Å². The number of rotatable bonds is 5. The Morgan fingerprint density at radius 1 is 1.30 bits per heavy atom. The van der Waals surface area contributed by atoms with Crippen LogP contribution in [0.3, 0.4) is 0 Å². The molecule has 1 atom stereocenters. The van der Waals surface area contributed by atoms with Crippen molar-refractivity contribution in [2.24, 2.45) is 5.92 Å². The molecule has 1 radical (unpaired) electrons. The van der Waals surface area contributed by atoms with Crippen molar-refractivity contribution < 1.29 is 4.74 Å². The molecule has 0 fully saturated rings. The second-order valence-electron chi connectivity index (χ2n) is 3.01. The molecular weight excluding hydrogens is 124 g/mol. The molecule has 0 saturated carbocycles. The van der Waals surface area contributed by atoms with Gasteiger partial charge in [-0.15, -0.1) is 0 Å². The fourth-order valence-electron chi connectivity index (χ4n) is 0.901. The summed E-state index contributed by atoms with van der Waals surface area (Å²) >= 11 is 0. The maximum Gasteiger partial charge on any atom is 0.0581 e. The maximum absolute atomic E-state index is 5.45. The van der Waals surface area contributed by atoms with Crippen LogP contribution in [0.4, 0.5) is 0 Å². The van der Waals surface area contributed by atoms with Gasteiger partial charge in [0.1, 0.15) is 0 Å². The summed E-state index contributed by atoms with van der Waals surface area (Å²) in [6.07, 6.45) is 3.64. The minimum atomic E-state index is 0.319. The van der Waals surface area contributed by atoms with E-state index in [1.54, 1.807) is 0 Å². The average molecular weight is 143 g/mol. The van der Waals surface area contributed by atoms with Gasteiger partial charge in [-0.3, -0.25) is 0 Å². The van der Waals surface area contributed by atoms with Crippen LogP contribution in [0.25, 0.3) is 0 Å². The van der Waals surface area contributed by atoms with E-state index in [1.165, 1.54) is 0 Å². The molecule has 1 heteroatoms. The van der Waals surface area contributed by atoms with Gasteiger partial charge in [-0.05, 0) is 25.7 Å².